The lowest BCUT2D eigenvalue weighted by atomic mass is 10.1. The van der Waals surface area contributed by atoms with Gasteiger partial charge in [0.05, 0.1) is 15.5 Å². The molecular formula is C24H21BrN2O3S2. The third-order valence-electron chi connectivity index (χ3n) is 5.21. The van der Waals surface area contributed by atoms with E-state index in [2.05, 4.69) is 21.2 Å². The van der Waals surface area contributed by atoms with Crippen LogP contribution in [0.2, 0.25) is 0 Å². The maximum Gasteiger partial charge on any atom is 0.265 e. The molecule has 0 spiro atoms. The van der Waals surface area contributed by atoms with E-state index in [1.54, 1.807) is 42.5 Å². The summed E-state index contributed by atoms with van der Waals surface area (Å²) in [7, 11) is -2.17. The summed E-state index contributed by atoms with van der Waals surface area (Å²) in [6, 6.07) is 21.5. The number of hydrogen-bond acceptors (Lipinski definition) is 4. The molecule has 4 rings (SSSR count). The normalized spacial score (nSPS) is 11.5. The molecule has 0 saturated carbocycles. The van der Waals surface area contributed by atoms with Crippen LogP contribution in [-0.4, -0.2) is 21.4 Å². The number of aryl methyl sites for hydroxylation is 1. The predicted octanol–water partition coefficient (Wildman–Crippen LogP) is 6.30. The van der Waals surface area contributed by atoms with Gasteiger partial charge in [-0.05, 0) is 72.0 Å². The van der Waals surface area contributed by atoms with Crippen molar-refractivity contribution in [2.24, 2.45) is 0 Å². The lowest BCUT2D eigenvalue weighted by molar-refractivity contribution is 0.103. The summed E-state index contributed by atoms with van der Waals surface area (Å²) < 4.78 is 29.0. The summed E-state index contributed by atoms with van der Waals surface area (Å²) >= 11 is 4.70. The highest BCUT2D eigenvalue weighted by Crippen LogP contribution is 2.32. The Balaban J connectivity index is 1.61. The Morgan fingerprint density at radius 2 is 1.75 bits per heavy atom. The second kappa shape index (κ2) is 9.05. The zero-order valence-electron chi connectivity index (χ0n) is 17.5. The van der Waals surface area contributed by atoms with Crippen molar-refractivity contribution in [3.63, 3.8) is 0 Å². The van der Waals surface area contributed by atoms with Crippen LogP contribution in [0.4, 0.5) is 11.4 Å². The van der Waals surface area contributed by atoms with Gasteiger partial charge in [-0.15, -0.1) is 11.3 Å². The first-order chi connectivity index (χ1) is 15.3. The number of thiophene rings is 1. The van der Waals surface area contributed by atoms with E-state index in [0.29, 0.717) is 10.6 Å². The van der Waals surface area contributed by atoms with Crippen molar-refractivity contribution in [3.05, 3.63) is 87.7 Å². The first-order valence-electron chi connectivity index (χ1n) is 9.97. The van der Waals surface area contributed by atoms with E-state index in [4.69, 9.17) is 0 Å². The van der Waals surface area contributed by atoms with Gasteiger partial charge in [0.1, 0.15) is 0 Å². The van der Waals surface area contributed by atoms with Gasteiger partial charge in [-0.3, -0.25) is 9.10 Å². The van der Waals surface area contributed by atoms with Crippen molar-refractivity contribution < 1.29 is 13.2 Å². The molecule has 0 aliphatic carbocycles. The molecule has 0 fully saturated rings. The van der Waals surface area contributed by atoms with Gasteiger partial charge in [-0.2, -0.15) is 0 Å². The topological polar surface area (TPSA) is 66.5 Å². The summed E-state index contributed by atoms with van der Waals surface area (Å²) in [5.74, 6) is -0.176. The molecule has 0 saturated heterocycles. The molecular weight excluding hydrogens is 508 g/mol. The molecule has 1 N–H and O–H groups in total. The van der Waals surface area contributed by atoms with Crippen LogP contribution in [0, 0.1) is 0 Å². The number of rotatable bonds is 6. The number of para-hydroxylation sites is 1. The molecule has 1 amide bonds. The molecule has 0 atom stereocenters. The standard InChI is InChI=1S/C24H21BrN2O3S2/c1-3-16-6-4-5-7-21(16)26-24(28)23-15-17-14-19(10-13-22(17)31-23)27(2)32(29,30)20-11-8-18(25)9-12-20/h4-15H,3H2,1-2H3,(H,26,28). The number of halogens is 1. The maximum atomic E-state index is 13.0. The summed E-state index contributed by atoms with van der Waals surface area (Å²) in [5, 5.41) is 3.81. The Labute approximate surface area is 199 Å². The van der Waals surface area contributed by atoms with Crippen molar-refractivity contribution >= 4 is 64.7 Å². The Morgan fingerprint density at radius 3 is 2.47 bits per heavy atom. The molecule has 4 aromatic rings. The van der Waals surface area contributed by atoms with E-state index in [9.17, 15) is 13.2 Å². The Morgan fingerprint density at radius 1 is 1.03 bits per heavy atom. The number of hydrogen-bond donors (Lipinski definition) is 1. The predicted molar refractivity (Wildman–Crippen MR) is 135 cm³/mol. The van der Waals surface area contributed by atoms with Crippen LogP contribution in [0.5, 0.6) is 0 Å². The second-order valence-electron chi connectivity index (χ2n) is 7.22. The lowest BCUT2D eigenvalue weighted by Gasteiger charge is -2.19. The Bertz CT molecular complexity index is 1400. The minimum Gasteiger partial charge on any atom is -0.321 e. The first kappa shape index (κ1) is 22.5. The fourth-order valence-corrected chi connectivity index (χ4v) is 5.77. The number of carbonyl (C=O) groups is 1. The van der Waals surface area contributed by atoms with E-state index in [0.717, 1.165) is 32.2 Å². The molecule has 1 heterocycles. The molecule has 3 aromatic carbocycles. The fraction of sp³-hybridized carbons (Fsp3) is 0.125. The Hall–Kier alpha value is -2.68. The number of benzene rings is 3. The van der Waals surface area contributed by atoms with Gasteiger partial charge >= 0.3 is 0 Å². The molecule has 5 nitrogen and oxygen atoms in total. The number of amides is 1. The third kappa shape index (κ3) is 4.44. The zero-order valence-corrected chi connectivity index (χ0v) is 20.7. The minimum atomic E-state index is -3.70. The van der Waals surface area contributed by atoms with Gasteiger partial charge in [0, 0.05) is 21.9 Å². The number of fused-ring (bicyclic) bond motifs is 1. The van der Waals surface area contributed by atoms with Crippen molar-refractivity contribution in [1.82, 2.24) is 0 Å². The maximum absolute atomic E-state index is 13.0. The monoisotopic (exact) mass is 528 g/mol. The second-order valence-corrected chi connectivity index (χ2v) is 11.2. The molecule has 0 aliphatic rings. The van der Waals surface area contributed by atoms with Crippen LogP contribution < -0.4 is 9.62 Å². The average molecular weight is 529 g/mol. The largest absolute Gasteiger partial charge is 0.321 e. The SMILES string of the molecule is CCc1ccccc1NC(=O)c1cc2cc(N(C)S(=O)(=O)c3ccc(Br)cc3)ccc2s1. The summed E-state index contributed by atoms with van der Waals surface area (Å²) in [4.78, 5) is 13.6. The molecule has 0 radical (unpaired) electrons. The quantitative estimate of drug-likeness (QED) is 0.319. The van der Waals surface area contributed by atoms with E-state index in [1.165, 1.54) is 22.7 Å². The number of nitrogens with zero attached hydrogens (tertiary/aromatic N) is 1. The van der Waals surface area contributed by atoms with Crippen LogP contribution in [0.1, 0.15) is 22.2 Å². The number of sulfonamides is 1. The first-order valence-corrected chi connectivity index (χ1v) is 13.0. The summed E-state index contributed by atoms with van der Waals surface area (Å²) in [6.45, 7) is 2.05. The molecule has 1 aromatic heterocycles. The van der Waals surface area contributed by atoms with E-state index < -0.39 is 10.0 Å². The molecule has 164 valence electrons. The fourth-order valence-electron chi connectivity index (χ4n) is 3.38. The highest BCUT2D eigenvalue weighted by atomic mass is 79.9. The van der Waals surface area contributed by atoms with Gasteiger partial charge in [0.15, 0.2) is 0 Å². The van der Waals surface area contributed by atoms with E-state index in [-0.39, 0.29) is 10.8 Å². The van der Waals surface area contributed by atoms with Crippen molar-refractivity contribution in [2.45, 2.75) is 18.2 Å². The van der Waals surface area contributed by atoms with Gasteiger partial charge in [-0.1, -0.05) is 41.1 Å². The summed E-state index contributed by atoms with van der Waals surface area (Å²) in [6.07, 6.45) is 0.825. The minimum absolute atomic E-state index is 0.176. The van der Waals surface area contributed by atoms with Gasteiger partial charge in [-0.25, -0.2) is 8.42 Å². The third-order valence-corrected chi connectivity index (χ3v) is 8.65. The van der Waals surface area contributed by atoms with Crippen LogP contribution in [0.25, 0.3) is 10.1 Å². The number of anilines is 2. The zero-order chi connectivity index (χ0) is 22.9. The number of carbonyl (C=O) groups excluding carboxylic acids is 1. The van der Waals surface area contributed by atoms with Crippen LogP contribution in [0.3, 0.4) is 0 Å². The molecule has 0 aliphatic heterocycles. The lowest BCUT2D eigenvalue weighted by Crippen LogP contribution is -2.26. The van der Waals surface area contributed by atoms with Crippen LogP contribution in [0.15, 0.2) is 82.2 Å². The smallest absolute Gasteiger partial charge is 0.265 e. The molecule has 0 bridgehead atoms. The molecule has 8 heteroatoms. The van der Waals surface area contributed by atoms with Gasteiger partial charge in [0.25, 0.3) is 15.9 Å². The van der Waals surface area contributed by atoms with Crippen molar-refractivity contribution in [3.8, 4) is 0 Å². The number of nitrogens with one attached hydrogen (secondary N) is 1. The van der Waals surface area contributed by atoms with Crippen molar-refractivity contribution in [1.29, 1.82) is 0 Å². The van der Waals surface area contributed by atoms with Crippen LogP contribution in [-0.2, 0) is 16.4 Å². The highest BCUT2D eigenvalue weighted by molar-refractivity contribution is 9.10. The van der Waals surface area contributed by atoms with Crippen LogP contribution >= 0.6 is 27.3 Å². The average Bonchev–Trinajstić information content (AvgIpc) is 3.23. The Kier molecular flexibility index (Phi) is 6.37. The molecule has 0 unspecified atom stereocenters. The van der Waals surface area contributed by atoms with Crippen molar-refractivity contribution in [2.75, 3.05) is 16.7 Å². The van der Waals surface area contributed by atoms with Gasteiger partial charge < -0.3 is 5.32 Å². The highest BCUT2D eigenvalue weighted by Gasteiger charge is 2.22. The summed E-state index contributed by atoms with van der Waals surface area (Å²) in [5.41, 5.74) is 2.41. The van der Waals surface area contributed by atoms with E-state index in [1.807, 2.05) is 37.3 Å². The van der Waals surface area contributed by atoms with Gasteiger partial charge in [0.2, 0.25) is 0 Å². The van der Waals surface area contributed by atoms with E-state index >= 15 is 0 Å². The molecule has 32 heavy (non-hydrogen) atoms.